The molecule has 94 valence electrons. The second-order valence-electron chi connectivity index (χ2n) is 4.16. The smallest absolute Gasteiger partial charge is 0.356 e. The summed E-state index contributed by atoms with van der Waals surface area (Å²) >= 11 is 0. The molecule has 0 bridgehead atoms. The minimum absolute atomic E-state index is 0.102. The molecular formula is C14H16N2O2. The number of carboxylic acid groups (broad SMARTS) is 1. The first-order valence-electron chi connectivity index (χ1n) is 6.09. The van der Waals surface area contributed by atoms with Crippen LogP contribution >= 0.6 is 0 Å². The van der Waals surface area contributed by atoms with E-state index in [4.69, 9.17) is 5.11 Å². The van der Waals surface area contributed by atoms with Gasteiger partial charge in [-0.2, -0.15) is 5.10 Å². The van der Waals surface area contributed by atoms with E-state index in [1.54, 1.807) is 10.7 Å². The van der Waals surface area contributed by atoms with Crippen LogP contribution in [0.2, 0.25) is 0 Å². The minimum Gasteiger partial charge on any atom is -0.476 e. The van der Waals surface area contributed by atoms with Crippen molar-refractivity contribution < 1.29 is 9.90 Å². The number of hydrogen-bond donors (Lipinski definition) is 1. The van der Waals surface area contributed by atoms with E-state index in [1.807, 2.05) is 30.3 Å². The Morgan fingerprint density at radius 1 is 1.33 bits per heavy atom. The number of hydrogen-bond acceptors (Lipinski definition) is 2. The van der Waals surface area contributed by atoms with Crippen molar-refractivity contribution in [3.05, 3.63) is 42.1 Å². The number of carboxylic acids is 1. The van der Waals surface area contributed by atoms with Crippen LogP contribution in [0.15, 0.2) is 36.4 Å². The third-order valence-electron chi connectivity index (χ3n) is 2.79. The molecule has 2 rings (SSSR count). The van der Waals surface area contributed by atoms with Crippen LogP contribution in [0.4, 0.5) is 0 Å². The van der Waals surface area contributed by atoms with Crippen molar-refractivity contribution in [2.24, 2.45) is 0 Å². The molecule has 0 aliphatic rings. The van der Waals surface area contributed by atoms with Crippen molar-refractivity contribution >= 4 is 5.97 Å². The fourth-order valence-electron chi connectivity index (χ4n) is 1.84. The number of benzene rings is 1. The number of aromatic nitrogens is 2. The molecule has 0 saturated heterocycles. The summed E-state index contributed by atoms with van der Waals surface area (Å²) in [6.07, 6.45) is 2.04. The van der Waals surface area contributed by atoms with Crippen LogP contribution in [0.1, 0.15) is 30.3 Å². The molecule has 0 saturated carbocycles. The Balaban J connectivity index is 2.40. The van der Waals surface area contributed by atoms with E-state index in [9.17, 15) is 4.79 Å². The monoisotopic (exact) mass is 244 g/mol. The summed E-state index contributed by atoms with van der Waals surface area (Å²) in [7, 11) is 0. The average Bonchev–Trinajstić information content (AvgIpc) is 2.81. The first-order chi connectivity index (χ1) is 8.72. The molecular weight excluding hydrogens is 228 g/mol. The van der Waals surface area contributed by atoms with Gasteiger partial charge in [0.25, 0.3) is 0 Å². The van der Waals surface area contributed by atoms with Gasteiger partial charge in [-0.25, -0.2) is 4.79 Å². The molecule has 1 aromatic carbocycles. The van der Waals surface area contributed by atoms with Gasteiger partial charge in [-0.1, -0.05) is 43.7 Å². The van der Waals surface area contributed by atoms with E-state index >= 15 is 0 Å². The SMILES string of the molecule is CCCCn1nc(C(=O)O)cc1-c1ccccc1. The van der Waals surface area contributed by atoms with E-state index in [2.05, 4.69) is 12.0 Å². The van der Waals surface area contributed by atoms with Crippen molar-refractivity contribution in [2.45, 2.75) is 26.3 Å². The van der Waals surface area contributed by atoms with Crippen LogP contribution < -0.4 is 0 Å². The molecule has 1 N–H and O–H groups in total. The maximum Gasteiger partial charge on any atom is 0.356 e. The summed E-state index contributed by atoms with van der Waals surface area (Å²) in [4.78, 5) is 11.0. The van der Waals surface area contributed by atoms with Crippen molar-refractivity contribution in [1.29, 1.82) is 0 Å². The van der Waals surface area contributed by atoms with Crippen LogP contribution in [0.5, 0.6) is 0 Å². The van der Waals surface area contributed by atoms with Gasteiger partial charge >= 0.3 is 5.97 Å². The highest BCUT2D eigenvalue weighted by molar-refractivity contribution is 5.87. The lowest BCUT2D eigenvalue weighted by Gasteiger charge is -2.06. The number of unbranched alkanes of at least 4 members (excludes halogenated alkanes) is 1. The quantitative estimate of drug-likeness (QED) is 0.879. The van der Waals surface area contributed by atoms with Gasteiger partial charge in [-0.05, 0) is 18.1 Å². The molecule has 0 atom stereocenters. The second-order valence-corrected chi connectivity index (χ2v) is 4.16. The summed E-state index contributed by atoms with van der Waals surface area (Å²) < 4.78 is 1.78. The minimum atomic E-state index is -0.984. The van der Waals surface area contributed by atoms with Gasteiger partial charge in [-0.15, -0.1) is 0 Å². The zero-order valence-corrected chi connectivity index (χ0v) is 10.3. The van der Waals surface area contributed by atoms with Gasteiger partial charge in [0.05, 0.1) is 5.69 Å². The highest BCUT2D eigenvalue weighted by Crippen LogP contribution is 2.20. The maximum atomic E-state index is 11.0. The Hall–Kier alpha value is -2.10. The van der Waals surface area contributed by atoms with Gasteiger partial charge in [0.2, 0.25) is 0 Å². The number of carbonyl (C=O) groups is 1. The topological polar surface area (TPSA) is 55.1 Å². The summed E-state index contributed by atoms with van der Waals surface area (Å²) in [6, 6.07) is 11.4. The fraction of sp³-hybridized carbons (Fsp3) is 0.286. The van der Waals surface area contributed by atoms with Crippen LogP contribution in [0.25, 0.3) is 11.3 Å². The summed E-state index contributed by atoms with van der Waals surface area (Å²) in [5.74, 6) is -0.984. The standard InChI is InChI=1S/C14H16N2O2/c1-2-3-9-16-13(10-12(15-16)14(17)18)11-7-5-4-6-8-11/h4-8,10H,2-3,9H2,1H3,(H,17,18). The first-order valence-corrected chi connectivity index (χ1v) is 6.09. The van der Waals surface area contributed by atoms with Crippen molar-refractivity contribution in [2.75, 3.05) is 0 Å². The lowest BCUT2D eigenvalue weighted by atomic mass is 10.1. The van der Waals surface area contributed by atoms with Gasteiger partial charge in [0.15, 0.2) is 5.69 Å². The highest BCUT2D eigenvalue weighted by Gasteiger charge is 2.13. The number of aryl methyl sites for hydroxylation is 1. The maximum absolute atomic E-state index is 11.0. The highest BCUT2D eigenvalue weighted by atomic mass is 16.4. The summed E-state index contributed by atoms with van der Waals surface area (Å²) in [5, 5.41) is 13.2. The molecule has 0 aliphatic heterocycles. The molecule has 4 heteroatoms. The van der Waals surface area contributed by atoms with Crippen molar-refractivity contribution in [1.82, 2.24) is 9.78 Å². The molecule has 18 heavy (non-hydrogen) atoms. The van der Waals surface area contributed by atoms with Gasteiger partial charge in [-0.3, -0.25) is 4.68 Å². The molecule has 1 heterocycles. The Kier molecular flexibility index (Phi) is 3.77. The molecule has 0 unspecified atom stereocenters. The molecule has 2 aromatic rings. The van der Waals surface area contributed by atoms with Gasteiger partial charge < -0.3 is 5.11 Å². The molecule has 0 radical (unpaired) electrons. The van der Waals surface area contributed by atoms with Crippen molar-refractivity contribution in [3.8, 4) is 11.3 Å². The Bertz CT molecular complexity index is 532. The van der Waals surface area contributed by atoms with Gasteiger partial charge in [0, 0.05) is 6.54 Å². The van der Waals surface area contributed by atoms with Crippen LogP contribution in [-0.2, 0) is 6.54 Å². The number of nitrogens with zero attached hydrogens (tertiary/aromatic N) is 2. The summed E-state index contributed by atoms with van der Waals surface area (Å²) in [5.41, 5.74) is 1.96. The first kappa shape index (κ1) is 12.4. The number of aromatic carboxylic acids is 1. The normalized spacial score (nSPS) is 10.5. The fourth-order valence-corrected chi connectivity index (χ4v) is 1.84. The van der Waals surface area contributed by atoms with E-state index in [-0.39, 0.29) is 5.69 Å². The Morgan fingerprint density at radius 3 is 2.67 bits per heavy atom. The largest absolute Gasteiger partial charge is 0.476 e. The van der Waals surface area contributed by atoms with Crippen LogP contribution in [0, 0.1) is 0 Å². The lowest BCUT2D eigenvalue weighted by molar-refractivity contribution is 0.0689. The van der Waals surface area contributed by atoms with Crippen LogP contribution in [0.3, 0.4) is 0 Å². The molecule has 0 fully saturated rings. The van der Waals surface area contributed by atoms with Crippen LogP contribution in [-0.4, -0.2) is 20.9 Å². The van der Waals surface area contributed by atoms with Crippen molar-refractivity contribution in [3.63, 3.8) is 0 Å². The predicted molar refractivity (Wildman–Crippen MR) is 69.5 cm³/mol. The van der Waals surface area contributed by atoms with Gasteiger partial charge in [0.1, 0.15) is 0 Å². The predicted octanol–water partition coefficient (Wildman–Crippen LogP) is 3.05. The molecule has 0 spiro atoms. The van der Waals surface area contributed by atoms with E-state index < -0.39 is 5.97 Å². The third kappa shape index (κ3) is 2.59. The Morgan fingerprint density at radius 2 is 2.06 bits per heavy atom. The zero-order valence-electron chi connectivity index (χ0n) is 10.3. The van der Waals surface area contributed by atoms with E-state index in [1.165, 1.54) is 0 Å². The molecule has 0 amide bonds. The molecule has 1 aromatic heterocycles. The number of rotatable bonds is 5. The molecule has 4 nitrogen and oxygen atoms in total. The lowest BCUT2D eigenvalue weighted by Crippen LogP contribution is -2.04. The zero-order chi connectivity index (χ0) is 13.0. The average molecular weight is 244 g/mol. The molecule has 0 aliphatic carbocycles. The summed E-state index contributed by atoms with van der Waals surface area (Å²) in [6.45, 7) is 2.85. The van der Waals surface area contributed by atoms with E-state index in [0.717, 1.165) is 30.6 Å². The van der Waals surface area contributed by atoms with E-state index in [0.29, 0.717) is 0 Å². The second kappa shape index (κ2) is 5.49. The Labute approximate surface area is 106 Å². The third-order valence-corrected chi connectivity index (χ3v) is 2.79.